The number of halogens is 2. The number of methoxy groups -OCH3 is 1. The smallest absolute Gasteiger partial charge is 0.263 e. The fourth-order valence-electron chi connectivity index (χ4n) is 1.76. The Morgan fingerprint density at radius 1 is 1.19 bits per heavy atom. The summed E-state index contributed by atoms with van der Waals surface area (Å²) in [7, 11) is -2.20. The number of nitrogens with one attached hydrogen (secondary N) is 1. The molecule has 1 N–H and O–H groups in total. The molecule has 0 atom stereocenters. The molecule has 112 valence electrons. The van der Waals surface area contributed by atoms with E-state index in [-0.39, 0.29) is 4.90 Å². The molecule has 0 heterocycles. The summed E-state index contributed by atoms with van der Waals surface area (Å²) in [5, 5.41) is 0.334. The Bertz CT molecular complexity index is 778. The van der Waals surface area contributed by atoms with Crippen molar-refractivity contribution < 1.29 is 13.2 Å². The lowest BCUT2D eigenvalue weighted by molar-refractivity contribution is 0.415. The van der Waals surface area contributed by atoms with Gasteiger partial charge in [-0.3, -0.25) is 4.72 Å². The van der Waals surface area contributed by atoms with Gasteiger partial charge in [-0.25, -0.2) is 8.42 Å². The van der Waals surface area contributed by atoms with Crippen molar-refractivity contribution in [3.8, 4) is 5.75 Å². The molecule has 0 aliphatic rings. The van der Waals surface area contributed by atoms with Gasteiger partial charge in [0.1, 0.15) is 10.6 Å². The molecule has 0 spiro atoms. The van der Waals surface area contributed by atoms with Crippen LogP contribution in [0.2, 0.25) is 5.02 Å². The van der Waals surface area contributed by atoms with Crippen LogP contribution in [0.3, 0.4) is 0 Å². The summed E-state index contributed by atoms with van der Waals surface area (Å²) in [5.74, 6) is 0.483. The van der Waals surface area contributed by atoms with Crippen LogP contribution in [0.25, 0.3) is 0 Å². The standard InChI is InChI=1S/C14H13BrClNO3S/c1-9-3-6-14(11(15)7-9)21(18,19)17-10-4-5-13(20-2)12(16)8-10/h3-8,17H,1-2H3. The highest BCUT2D eigenvalue weighted by Crippen LogP contribution is 2.30. The highest BCUT2D eigenvalue weighted by molar-refractivity contribution is 9.10. The van der Waals surface area contributed by atoms with Gasteiger partial charge >= 0.3 is 0 Å². The number of sulfonamides is 1. The average Bonchev–Trinajstić information content (AvgIpc) is 2.37. The molecule has 0 bridgehead atoms. The molecule has 2 aromatic rings. The first kappa shape index (κ1) is 16.1. The van der Waals surface area contributed by atoms with Crippen LogP contribution in [-0.4, -0.2) is 15.5 Å². The van der Waals surface area contributed by atoms with Crippen molar-refractivity contribution in [1.82, 2.24) is 0 Å². The van der Waals surface area contributed by atoms with E-state index in [1.807, 2.05) is 6.92 Å². The van der Waals surface area contributed by atoms with Gasteiger partial charge in [-0.05, 0) is 58.7 Å². The van der Waals surface area contributed by atoms with Gasteiger partial charge in [0.25, 0.3) is 10.0 Å². The molecule has 0 saturated carbocycles. The minimum atomic E-state index is -3.69. The predicted molar refractivity (Wildman–Crippen MR) is 87.7 cm³/mol. The maximum atomic E-state index is 12.4. The molecular formula is C14H13BrClNO3S. The fraction of sp³-hybridized carbons (Fsp3) is 0.143. The first-order valence-corrected chi connectivity index (χ1v) is 8.61. The quantitative estimate of drug-likeness (QED) is 0.850. The van der Waals surface area contributed by atoms with Crippen LogP contribution in [-0.2, 0) is 10.0 Å². The zero-order valence-electron chi connectivity index (χ0n) is 11.4. The normalized spacial score (nSPS) is 11.2. The van der Waals surface area contributed by atoms with Crippen LogP contribution in [0, 0.1) is 6.92 Å². The monoisotopic (exact) mass is 389 g/mol. The van der Waals surface area contributed by atoms with Crippen LogP contribution < -0.4 is 9.46 Å². The van der Waals surface area contributed by atoms with Gasteiger partial charge in [-0.2, -0.15) is 0 Å². The molecule has 0 aromatic heterocycles. The number of hydrogen-bond acceptors (Lipinski definition) is 3. The summed E-state index contributed by atoms with van der Waals surface area (Å²) in [6.45, 7) is 1.89. The lowest BCUT2D eigenvalue weighted by Crippen LogP contribution is -2.13. The maximum Gasteiger partial charge on any atom is 0.263 e. The molecule has 0 amide bonds. The molecule has 0 aliphatic heterocycles. The van der Waals surface area contributed by atoms with Crippen molar-refractivity contribution in [2.45, 2.75) is 11.8 Å². The zero-order valence-corrected chi connectivity index (χ0v) is 14.5. The topological polar surface area (TPSA) is 55.4 Å². The van der Waals surface area contributed by atoms with Crippen LogP contribution in [0.1, 0.15) is 5.56 Å². The molecule has 2 rings (SSSR count). The lowest BCUT2D eigenvalue weighted by Gasteiger charge is -2.11. The summed E-state index contributed by atoms with van der Waals surface area (Å²) < 4.78 is 32.8. The van der Waals surface area contributed by atoms with Gasteiger partial charge in [0, 0.05) is 4.47 Å². The Hall–Kier alpha value is -1.24. The number of hydrogen-bond donors (Lipinski definition) is 1. The minimum Gasteiger partial charge on any atom is -0.495 e. The molecule has 0 aliphatic carbocycles. The summed E-state index contributed by atoms with van der Waals surface area (Å²) in [4.78, 5) is 0.167. The van der Waals surface area contributed by atoms with E-state index in [0.29, 0.717) is 20.9 Å². The molecular weight excluding hydrogens is 378 g/mol. The molecule has 7 heteroatoms. The molecule has 0 fully saturated rings. The van der Waals surface area contributed by atoms with Crippen LogP contribution in [0.4, 0.5) is 5.69 Å². The Morgan fingerprint density at radius 2 is 1.90 bits per heavy atom. The fourth-order valence-corrected chi connectivity index (χ4v) is 4.26. The third kappa shape index (κ3) is 3.70. The van der Waals surface area contributed by atoms with Crippen LogP contribution in [0.5, 0.6) is 5.75 Å². The van der Waals surface area contributed by atoms with Gasteiger partial charge < -0.3 is 4.74 Å². The first-order valence-electron chi connectivity index (χ1n) is 5.96. The van der Waals surface area contributed by atoms with E-state index in [1.165, 1.54) is 13.2 Å². The molecule has 0 radical (unpaired) electrons. The largest absolute Gasteiger partial charge is 0.495 e. The molecule has 2 aromatic carbocycles. The maximum absolute atomic E-state index is 12.4. The van der Waals surface area contributed by atoms with E-state index in [9.17, 15) is 8.42 Å². The second kappa shape index (κ2) is 6.25. The molecule has 0 saturated heterocycles. The number of anilines is 1. The third-order valence-electron chi connectivity index (χ3n) is 2.78. The van der Waals surface area contributed by atoms with E-state index in [0.717, 1.165) is 5.56 Å². The number of rotatable bonds is 4. The average molecular weight is 391 g/mol. The molecule has 21 heavy (non-hydrogen) atoms. The van der Waals surface area contributed by atoms with Crippen molar-refractivity contribution >= 4 is 43.2 Å². The third-order valence-corrected chi connectivity index (χ3v) is 5.43. The second-order valence-electron chi connectivity index (χ2n) is 4.39. The Labute approximate surface area is 137 Å². The van der Waals surface area contributed by atoms with Gasteiger partial charge in [0.2, 0.25) is 0 Å². The van der Waals surface area contributed by atoms with Gasteiger partial charge in [-0.15, -0.1) is 0 Å². The van der Waals surface area contributed by atoms with Gasteiger partial charge in [-0.1, -0.05) is 17.7 Å². The van der Waals surface area contributed by atoms with E-state index in [4.69, 9.17) is 16.3 Å². The predicted octanol–water partition coefficient (Wildman–Crippen LogP) is 4.22. The number of aryl methyl sites for hydroxylation is 1. The van der Waals surface area contributed by atoms with Crippen molar-refractivity contribution in [2.24, 2.45) is 0 Å². The SMILES string of the molecule is COc1ccc(NS(=O)(=O)c2ccc(C)cc2Br)cc1Cl. The summed E-state index contributed by atoms with van der Waals surface area (Å²) in [6.07, 6.45) is 0. The van der Waals surface area contributed by atoms with Crippen LogP contribution >= 0.6 is 27.5 Å². The van der Waals surface area contributed by atoms with Crippen molar-refractivity contribution in [2.75, 3.05) is 11.8 Å². The minimum absolute atomic E-state index is 0.167. The highest BCUT2D eigenvalue weighted by Gasteiger charge is 2.18. The Kier molecular flexibility index (Phi) is 4.81. The van der Waals surface area contributed by atoms with Gasteiger partial charge in [0.05, 0.1) is 17.8 Å². The molecule has 0 unspecified atom stereocenters. The van der Waals surface area contributed by atoms with Crippen molar-refractivity contribution in [3.05, 3.63) is 51.5 Å². The van der Waals surface area contributed by atoms with E-state index >= 15 is 0 Å². The lowest BCUT2D eigenvalue weighted by atomic mass is 10.2. The second-order valence-corrected chi connectivity index (χ2v) is 7.30. The van der Waals surface area contributed by atoms with Gasteiger partial charge in [0.15, 0.2) is 0 Å². The first-order chi connectivity index (χ1) is 9.83. The Balaban J connectivity index is 2.35. The van der Waals surface area contributed by atoms with Crippen molar-refractivity contribution in [3.63, 3.8) is 0 Å². The molecule has 4 nitrogen and oxygen atoms in total. The Morgan fingerprint density at radius 3 is 2.48 bits per heavy atom. The number of benzene rings is 2. The summed E-state index contributed by atoms with van der Waals surface area (Å²) in [6, 6.07) is 9.72. The summed E-state index contributed by atoms with van der Waals surface area (Å²) >= 11 is 9.26. The zero-order chi connectivity index (χ0) is 15.6. The van der Waals surface area contributed by atoms with E-state index < -0.39 is 10.0 Å². The van der Waals surface area contributed by atoms with E-state index in [1.54, 1.807) is 30.3 Å². The number of ether oxygens (including phenoxy) is 1. The van der Waals surface area contributed by atoms with Crippen LogP contribution in [0.15, 0.2) is 45.8 Å². The summed E-state index contributed by atoms with van der Waals surface area (Å²) in [5.41, 5.74) is 1.33. The van der Waals surface area contributed by atoms with Crippen molar-refractivity contribution in [1.29, 1.82) is 0 Å². The highest BCUT2D eigenvalue weighted by atomic mass is 79.9. The van der Waals surface area contributed by atoms with E-state index in [2.05, 4.69) is 20.7 Å².